The molecular weight excluding hydrogens is 1110 g/mol. The molecule has 15 heteroatoms. The van der Waals surface area contributed by atoms with Crippen molar-refractivity contribution in [1.82, 2.24) is 30.8 Å². The average Bonchev–Trinajstić information content (AvgIpc) is 3.45. The van der Waals surface area contributed by atoms with Gasteiger partial charge in [-0.2, -0.15) is 30.8 Å². The number of unbranched alkanes of at least 4 members (excludes halogenated alkanes) is 8. The van der Waals surface area contributed by atoms with Gasteiger partial charge in [0.1, 0.15) is 41.8 Å². The van der Waals surface area contributed by atoms with Crippen LogP contribution in [-0.2, 0) is 12.8 Å². The molecule has 8 aromatic heterocycles. The minimum absolute atomic E-state index is 0.286. The van der Waals surface area contributed by atoms with Crippen LogP contribution >= 0.6 is 68.0 Å². The fraction of sp³-hybridized carbons (Fsp3) is 0.438. The smallest absolute Gasteiger partial charge is 0.134 e. The SMILES string of the molecule is CCCCCCc1ccc(-c2ccc(-c3cc(F)c(-c4cc5c(s4)-c4sc(-c6c(F)cc(-c7ccc(-c8ccc(CCCCCC)s8)s7)c7n[nH]nc67)cc4[Si]5(CC(CC)CCCC)CC(CC)CCCC)c4n[nH]nc34)s2)s1. The topological polar surface area (TPSA) is 83.1 Å². The minimum Gasteiger partial charge on any atom is -0.206 e. The molecule has 10 aromatic rings. The van der Waals surface area contributed by atoms with Crippen LogP contribution in [0.15, 0.2) is 72.8 Å². The average molecular weight is 1190 g/mol. The number of H-pyrrole nitrogens is 2. The van der Waals surface area contributed by atoms with E-state index in [0.29, 0.717) is 45.0 Å². The monoisotopic (exact) mass is 1180 g/mol. The molecule has 79 heavy (non-hydrogen) atoms. The van der Waals surface area contributed by atoms with Crippen molar-refractivity contribution < 1.29 is 8.78 Å². The molecule has 0 radical (unpaired) electrons. The number of aromatic nitrogens is 6. The van der Waals surface area contributed by atoms with Gasteiger partial charge in [-0.3, -0.25) is 0 Å². The molecule has 0 bridgehead atoms. The number of rotatable bonds is 28. The number of hydrogen-bond acceptors (Lipinski definition) is 10. The van der Waals surface area contributed by atoms with Crippen molar-refractivity contribution in [1.29, 1.82) is 0 Å². The number of nitrogens with one attached hydrogen (secondary N) is 2. The molecule has 9 heterocycles. The van der Waals surface area contributed by atoms with Gasteiger partial charge >= 0.3 is 0 Å². The van der Waals surface area contributed by atoms with Crippen molar-refractivity contribution >= 4 is 109 Å². The standard InChI is InChI=1S/C64H74F2N6S6Si/c1-7-13-17-19-23-41-25-27-49(73-41)51-31-29-47(75-51)43-33-45(65)57(61-59(43)67-71-69-61)53-35-55-63(77-53)64-56(79(55,37-39(11-5)21-15-9-3)38-40(12-6)22-16-10-4)36-54(78-64)58-46(66)34-44(60-62(58)70-72-68-60)48-30-32-52(76-48)50-28-26-42(74-50)24-20-18-14-8-2/h25-36,39-40H,7-24,37-38H2,1-6H3,(H,67,69,71)(H,68,70,72). The number of thiophene rings is 6. The molecular formula is C64H74F2N6S6Si. The molecule has 2 unspecified atom stereocenters. The second kappa shape index (κ2) is 25.3. The first-order valence-corrected chi connectivity index (χ1v) is 36.7. The van der Waals surface area contributed by atoms with Crippen molar-refractivity contribution in [3.8, 4) is 71.0 Å². The van der Waals surface area contributed by atoms with Crippen LogP contribution < -0.4 is 10.4 Å². The molecule has 2 aromatic carbocycles. The molecule has 0 aliphatic carbocycles. The summed E-state index contributed by atoms with van der Waals surface area (Å²) in [5.41, 5.74) is 5.03. The Morgan fingerprint density at radius 3 is 1.23 bits per heavy atom. The molecule has 414 valence electrons. The second-order valence-corrected chi connectivity index (χ2v) is 32.8. The molecule has 6 nitrogen and oxygen atoms in total. The summed E-state index contributed by atoms with van der Waals surface area (Å²) in [6.45, 7) is 13.9. The number of aryl methyl sites for hydroxylation is 2. The molecule has 11 rings (SSSR count). The first-order chi connectivity index (χ1) is 38.7. The van der Waals surface area contributed by atoms with Gasteiger partial charge in [-0.15, -0.1) is 68.0 Å². The van der Waals surface area contributed by atoms with E-state index in [2.05, 4.69) is 113 Å². The third-order valence-electron chi connectivity index (χ3n) is 16.8. The zero-order valence-electron chi connectivity index (χ0n) is 46.7. The van der Waals surface area contributed by atoms with Gasteiger partial charge in [0.15, 0.2) is 0 Å². The van der Waals surface area contributed by atoms with E-state index in [9.17, 15) is 0 Å². The van der Waals surface area contributed by atoms with Gasteiger partial charge in [0.25, 0.3) is 0 Å². The first kappa shape index (κ1) is 56.4. The van der Waals surface area contributed by atoms with Crippen LogP contribution in [-0.4, -0.2) is 38.9 Å². The van der Waals surface area contributed by atoms with Crippen LogP contribution in [0.2, 0.25) is 12.1 Å². The maximum atomic E-state index is 17.5. The summed E-state index contributed by atoms with van der Waals surface area (Å²) in [6, 6.07) is 28.0. The van der Waals surface area contributed by atoms with Gasteiger partial charge in [-0.05, 0) is 133 Å². The quantitative estimate of drug-likeness (QED) is 0.0378. The molecule has 0 saturated carbocycles. The number of halogens is 2. The number of fused-ring (bicyclic) bond motifs is 5. The van der Waals surface area contributed by atoms with Crippen LogP contribution in [0.5, 0.6) is 0 Å². The predicted molar refractivity (Wildman–Crippen MR) is 344 cm³/mol. The second-order valence-electron chi connectivity index (χ2n) is 22.1. The Labute approximate surface area is 490 Å². The molecule has 1 aliphatic rings. The lowest BCUT2D eigenvalue weighted by Gasteiger charge is -2.35. The van der Waals surface area contributed by atoms with Gasteiger partial charge < -0.3 is 0 Å². The van der Waals surface area contributed by atoms with Crippen LogP contribution in [0, 0.1) is 23.5 Å². The Kier molecular flexibility index (Phi) is 18.1. The third-order valence-corrected chi connectivity index (χ3v) is 29.9. The van der Waals surface area contributed by atoms with Crippen LogP contribution in [0.25, 0.3) is 93.1 Å². The Bertz CT molecular complexity index is 3420. The van der Waals surface area contributed by atoms with E-state index in [4.69, 9.17) is 20.4 Å². The predicted octanol–water partition coefficient (Wildman–Crippen LogP) is 21.1. The summed E-state index contributed by atoms with van der Waals surface area (Å²) in [5, 5.41) is 27.7. The third kappa shape index (κ3) is 11.4. The highest BCUT2D eigenvalue weighted by atomic mass is 32.1. The van der Waals surface area contributed by atoms with Crippen molar-refractivity contribution in [2.45, 2.75) is 169 Å². The molecule has 0 saturated heterocycles. The molecule has 0 amide bonds. The summed E-state index contributed by atoms with van der Waals surface area (Å²) < 4.78 is 35.0. The number of benzene rings is 2. The normalized spacial score (nSPS) is 13.8. The zero-order chi connectivity index (χ0) is 54.6. The largest absolute Gasteiger partial charge is 0.206 e. The van der Waals surface area contributed by atoms with Gasteiger partial charge in [0.2, 0.25) is 0 Å². The van der Waals surface area contributed by atoms with Crippen molar-refractivity contribution in [3.63, 3.8) is 0 Å². The summed E-state index contributed by atoms with van der Waals surface area (Å²) in [4.78, 5) is 13.9. The maximum Gasteiger partial charge on any atom is 0.134 e. The van der Waals surface area contributed by atoms with Crippen molar-refractivity contribution in [2.24, 2.45) is 11.8 Å². The fourth-order valence-electron chi connectivity index (χ4n) is 12.4. The van der Waals surface area contributed by atoms with Gasteiger partial charge in [-0.25, -0.2) is 8.78 Å². The lowest BCUT2D eigenvalue weighted by molar-refractivity contribution is 0.469. The van der Waals surface area contributed by atoms with Crippen LogP contribution in [0.3, 0.4) is 0 Å². The van der Waals surface area contributed by atoms with E-state index in [-0.39, 0.29) is 11.6 Å². The summed E-state index contributed by atoms with van der Waals surface area (Å²) in [6.07, 6.45) is 21.6. The Hall–Kier alpha value is -4.48. The Morgan fingerprint density at radius 1 is 0.418 bits per heavy atom. The van der Waals surface area contributed by atoms with Crippen LogP contribution in [0.4, 0.5) is 8.78 Å². The number of hydrogen-bond donors (Lipinski definition) is 2. The van der Waals surface area contributed by atoms with E-state index in [1.54, 1.807) is 57.5 Å². The van der Waals surface area contributed by atoms with Crippen molar-refractivity contribution in [2.75, 3.05) is 0 Å². The molecule has 1 aliphatic heterocycles. The summed E-state index contributed by atoms with van der Waals surface area (Å²) >= 11 is 10.5. The van der Waals surface area contributed by atoms with Crippen molar-refractivity contribution in [3.05, 3.63) is 94.2 Å². The lowest BCUT2D eigenvalue weighted by atomic mass is 10.0. The minimum atomic E-state index is -2.62. The highest BCUT2D eigenvalue weighted by Crippen LogP contribution is 2.52. The number of nitrogens with zero attached hydrogens (tertiary/aromatic N) is 4. The Morgan fingerprint density at radius 2 is 0.810 bits per heavy atom. The van der Waals surface area contributed by atoms with Gasteiger partial charge in [0.05, 0.1) is 11.1 Å². The summed E-state index contributed by atoms with van der Waals surface area (Å²) in [7, 11) is -2.62. The van der Waals surface area contributed by atoms with E-state index in [0.717, 1.165) is 81.2 Å². The zero-order valence-corrected chi connectivity index (χ0v) is 52.6. The van der Waals surface area contributed by atoms with Crippen LogP contribution in [0.1, 0.15) is 154 Å². The molecule has 2 N–H and O–H groups in total. The number of aromatic amines is 2. The lowest BCUT2D eigenvalue weighted by Crippen LogP contribution is -2.56. The van der Waals surface area contributed by atoms with Gasteiger partial charge in [-0.1, -0.05) is 131 Å². The summed E-state index contributed by atoms with van der Waals surface area (Å²) in [5.74, 6) is 0.515. The van der Waals surface area contributed by atoms with E-state index < -0.39 is 8.07 Å². The Balaban J connectivity index is 0.992. The van der Waals surface area contributed by atoms with E-state index >= 15 is 8.78 Å². The molecule has 0 spiro atoms. The first-order valence-electron chi connectivity index (χ1n) is 29.4. The maximum absolute atomic E-state index is 17.5. The highest BCUT2D eigenvalue weighted by Gasteiger charge is 2.50. The fourth-order valence-corrected chi connectivity index (χ4v) is 27.2. The highest BCUT2D eigenvalue weighted by molar-refractivity contribution is 7.32. The molecule has 2 atom stereocenters. The van der Waals surface area contributed by atoms with E-state index in [1.165, 1.54) is 126 Å². The molecule has 0 fully saturated rings. The van der Waals surface area contributed by atoms with Gasteiger partial charge in [0, 0.05) is 69.7 Å². The van der Waals surface area contributed by atoms with E-state index in [1.807, 2.05) is 22.7 Å².